The number of thioether (sulfide) groups is 1. The van der Waals surface area contributed by atoms with Crippen LogP contribution in [0.5, 0.6) is 0 Å². The van der Waals surface area contributed by atoms with E-state index in [0.717, 1.165) is 23.1 Å². The number of hydrogen-bond donors (Lipinski definition) is 1. The van der Waals surface area contributed by atoms with Crippen molar-refractivity contribution in [2.45, 2.75) is 11.7 Å². The summed E-state index contributed by atoms with van der Waals surface area (Å²) in [4.78, 5) is 10.8. The van der Waals surface area contributed by atoms with Gasteiger partial charge in [-0.25, -0.2) is 0 Å². The van der Waals surface area contributed by atoms with Gasteiger partial charge in [-0.05, 0) is 24.3 Å². The van der Waals surface area contributed by atoms with Gasteiger partial charge in [-0.3, -0.25) is 4.57 Å². The van der Waals surface area contributed by atoms with Gasteiger partial charge in [0.15, 0.2) is 11.0 Å². The molecule has 0 spiro atoms. The summed E-state index contributed by atoms with van der Waals surface area (Å²) in [6.07, 6.45) is 0. The van der Waals surface area contributed by atoms with E-state index in [1.54, 1.807) is 6.07 Å². The molecule has 0 radical (unpaired) electrons. The molecule has 0 saturated heterocycles. The lowest BCUT2D eigenvalue weighted by Gasteiger charge is -2.12. The number of aromatic nitrogens is 3. The summed E-state index contributed by atoms with van der Waals surface area (Å²) in [6.45, 7) is 0.386. The van der Waals surface area contributed by atoms with E-state index in [9.17, 15) is 9.90 Å². The molecule has 3 rings (SSSR count). The third-order valence-corrected chi connectivity index (χ3v) is 4.58. The Morgan fingerprint density at radius 1 is 1.12 bits per heavy atom. The molecular weight excluding hydrogens is 360 g/mol. The highest BCUT2D eigenvalue weighted by atomic mass is 35.5. The minimum atomic E-state index is -1.15. The molecule has 0 fully saturated rings. The van der Waals surface area contributed by atoms with Gasteiger partial charge >= 0.3 is 0 Å². The number of carboxylic acids is 1. The molecular formula is C17H14ClN4O2S-. The summed E-state index contributed by atoms with van der Waals surface area (Å²) in [6, 6.07) is 16.9. The number of halogens is 1. The van der Waals surface area contributed by atoms with Crippen LogP contribution in [-0.4, -0.2) is 26.5 Å². The molecule has 2 aromatic carbocycles. The molecule has 0 bridgehead atoms. The van der Waals surface area contributed by atoms with Crippen LogP contribution in [0, 0.1) is 0 Å². The zero-order valence-electron chi connectivity index (χ0n) is 13.1. The first-order valence-electron chi connectivity index (χ1n) is 7.46. The first-order chi connectivity index (χ1) is 12.1. The molecule has 0 unspecified atom stereocenters. The van der Waals surface area contributed by atoms with E-state index in [1.165, 1.54) is 0 Å². The summed E-state index contributed by atoms with van der Waals surface area (Å²) in [5.41, 5.74) is 1.64. The minimum absolute atomic E-state index is 0.192. The van der Waals surface area contributed by atoms with Crippen LogP contribution in [0.4, 0.5) is 5.69 Å². The maximum absolute atomic E-state index is 10.8. The van der Waals surface area contributed by atoms with Gasteiger partial charge in [0.25, 0.3) is 0 Å². The fourth-order valence-corrected chi connectivity index (χ4v) is 3.13. The number of carbonyl (C=O) groups is 1. The van der Waals surface area contributed by atoms with Crippen molar-refractivity contribution in [3.8, 4) is 5.69 Å². The van der Waals surface area contributed by atoms with Gasteiger partial charge in [0.1, 0.15) is 0 Å². The smallest absolute Gasteiger partial charge is 0.196 e. The van der Waals surface area contributed by atoms with Crippen molar-refractivity contribution in [2.75, 3.05) is 11.1 Å². The van der Waals surface area contributed by atoms with Crippen molar-refractivity contribution in [2.24, 2.45) is 0 Å². The maximum Gasteiger partial charge on any atom is 0.196 e. The predicted molar refractivity (Wildman–Crippen MR) is 95.9 cm³/mol. The summed E-state index contributed by atoms with van der Waals surface area (Å²) in [5, 5.41) is 23.4. The topological polar surface area (TPSA) is 82.9 Å². The number of nitrogens with zero attached hydrogens (tertiary/aromatic N) is 3. The maximum atomic E-state index is 10.8. The average Bonchev–Trinajstić information content (AvgIpc) is 3.03. The number of benzene rings is 2. The lowest BCUT2D eigenvalue weighted by Crippen LogP contribution is -2.24. The molecule has 0 atom stereocenters. The zero-order valence-corrected chi connectivity index (χ0v) is 14.6. The second-order valence-electron chi connectivity index (χ2n) is 5.06. The van der Waals surface area contributed by atoms with Crippen LogP contribution in [0.3, 0.4) is 0 Å². The normalized spacial score (nSPS) is 10.6. The Morgan fingerprint density at radius 3 is 2.56 bits per heavy atom. The fraction of sp³-hybridized carbons (Fsp3) is 0.118. The number of hydrogen-bond acceptors (Lipinski definition) is 6. The van der Waals surface area contributed by atoms with E-state index in [1.807, 2.05) is 53.1 Å². The van der Waals surface area contributed by atoms with E-state index in [2.05, 4.69) is 15.5 Å². The van der Waals surface area contributed by atoms with Gasteiger partial charge in [0.2, 0.25) is 0 Å². The van der Waals surface area contributed by atoms with Crippen molar-refractivity contribution in [3.05, 3.63) is 65.4 Å². The van der Waals surface area contributed by atoms with Crippen LogP contribution < -0.4 is 10.4 Å². The Kier molecular flexibility index (Phi) is 5.57. The van der Waals surface area contributed by atoms with Crippen LogP contribution >= 0.6 is 23.4 Å². The van der Waals surface area contributed by atoms with Crippen molar-refractivity contribution in [3.63, 3.8) is 0 Å². The molecule has 8 heteroatoms. The summed E-state index contributed by atoms with van der Waals surface area (Å²) >= 11 is 7.22. The van der Waals surface area contributed by atoms with Gasteiger partial charge in [0, 0.05) is 11.4 Å². The molecule has 0 aliphatic heterocycles. The zero-order chi connectivity index (χ0) is 17.6. The molecule has 6 nitrogen and oxygen atoms in total. The Balaban J connectivity index is 1.88. The molecule has 3 aromatic rings. The number of carbonyl (C=O) groups excluding carboxylic acids is 1. The van der Waals surface area contributed by atoms with E-state index in [0.29, 0.717) is 22.5 Å². The van der Waals surface area contributed by atoms with Crippen LogP contribution in [0.15, 0.2) is 59.8 Å². The highest BCUT2D eigenvalue weighted by Crippen LogP contribution is 2.24. The SMILES string of the molecule is O=C([O-])CSc1nnc(CNc2ccccc2Cl)n1-c1ccccc1. The Bertz CT molecular complexity index is 870. The van der Waals surface area contributed by atoms with Crippen molar-refractivity contribution >= 4 is 35.0 Å². The van der Waals surface area contributed by atoms with Gasteiger partial charge in [0.05, 0.1) is 23.2 Å². The van der Waals surface area contributed by atoms with Gasteiger partial charge in [-0.15, -0.1) is 10.2 Å². The lowest BCUT2D eigenvalue weighted by molar-refractivity contribution is -0.301. The second kappa shape index (κ2) is 8.04. The monoisotopic (exact) mass is 373 g/mol. The van der Waals surface area contributed by atoms with Crippen LogP contribution in [0.25, 0.3) is 5.69 Å². The second-order valence-corrected chi connectivity index (χ2v) is 6.41. The Hall–Kier alpha value is -2.51. The fourth-order valence-electron chi connectivity index (χ4n) is 2.25. The third kappa shape index (κ3) is 4.32. The van der Waals surface area contributed by atoms with Crippen LogP contribution in [0.2, 0.25) is 5.02 Å². The van der Waals surface area contributed by atoms with Gasteiger partial charge in [-0.1, -0.05) is 53.7 Å². The largest absolute Gasteiger partial charge is 0.549 e. The highest BCUT2D eigenvalue weighted by Gasteiger charge is 2.14. The summed E-state index contributed by atoms with van der Waals surface area (Å²) < 4.78 is 1.82. The highest BCUT2D eigenvalue weighted by molar-refractivity contribution is 7.99. The van der Waals surface area contributed by atoms with Gasteiger partial charge in [-0.2, -0.15) is 0 Å². The van der Waals surface area contributed by atoms with E-state index in [-0.39, 0.29) is 5.75 Å². The summed E-state index contributed by atoms with van der Waals surface area (Å²) in [7, 11) is 0. The van der Waals surface area contributed by atoms with Crippen LogP contribution in [-0.2, 0) is 11.3 Å². The molecule has 128 valence electrons. The first kappa shape index (κ1) is 17.3. The molecule has 0 amide bonds. The average molecular weight is 374 g/mol. The molecule has 1 heterocycles. The molecule has 0 aliphatic carbocycles. The molecule has 1 aromatic heterocycles. The number of para-hydroxylation sites is 2. The van der Waals surface area contributed by atoms with Gasteiger partial charge < -0.3 is 15.2 Å². The molecule has 0 saturated carbocycles. The number of anilines is 1. The van der Waals surface area contributed by atoms with E-state index >= 15 is 0 Å². The predicted octanol–water partition coefficient (Wildman–Crippen LogP) is 2.37. The Morgan fingerprint density at radius 2 is 1.84 bits per heavy atom. The van der Waals surface area contributed by atoms with Crippen molar-refractivity contribution in [1.29, 1.82) is 0 Å². The number of aliphatic carboxylic acids is 1. The van der Waals surface area contributed by atoms with E-state index < -0.39 is 5.97 Å². The van der Waals surface area contributed by atoms with Crippen molar-refractivity contribution in [1.82, 2.24) is 14.8 Å². The van der Waals surface area contributed by atoms with E-state index in [4.69, 9.17) is 11.6 Å². The minimum Gasteiger partial charge on any atom is -0.549 e. The standard InChI is InChI=1S/C17H15ClN4O2S/c18-13-8-4-5-9-14(13)19-10-15-20-21-17(25-11-16(23)24)22(15)12-6-2-1-3-7-12/h1-9,19H,10-11H2,(H,23,24)/p-1. The summed E-state index contributed by atoms with van der Waals surface area (Å²) in [5.74, 6) is -0.696. The first-order valence-corrected chi connectivity index (χ1v) is 8.82. The number of rotatable bonds is 7. The molecule has 25 heavy (non-hydrogen) atoms. The lowest BCUT2D eigenvalue weighted by atomic mass is 10.3. The Labute approximate surface area is 153 Å². The number of nitrogens with one attached hydrogen (secondary N) is 1. The molecule has 1 N–H and O–H groups in total. The quantitative estimate of drug-likeness (QED) is 0.640. The van der Waals surface area contributed by atoms with Crippen LogP contribution in [0.1, 0.15) is 5.82 Å². The number of carboxylic acid groups (broad SMARTS) is 1. The molecule has 0 aliphatic rings. The third-order valence-electron chi connectivity index (χ3n) is 3.34. The van der Waals surface area contributed by atoms with Crippen molar-refractivity contribution < 1.29 is 9.90 Å².